The van der Waals surface area contributed by atoms with Crippen LogP contribution in [0, 0.1) is 6.92 Å². The molecule has 20 rings (SSSR count). The van der Waals surface area contributed by atoms with E-state index < -0.39 is 0 Å². The average molecular weight is 1810 g/mol. The number of hydrogen-bond donors (Lipinski definition) is 0. The van der Waals surface area contributed by atoms with Crippen molar-refractivity contribution in [2.45, 2.75) is 249 Å². The zero-order chi connectivity index (χ0) is 98.3. The fourth-order valence-electron chi connectivity index (χ4n) is 23.5. The van der Waals surface area contributed by atoms with Crippen LogP contribution in [0.2, 0.25) is 0 Å². The van der Waals surface area contributed by atoms with Gasteiger partial charge in [-0.3, -0.25) is 0 Å². The van der Waals surface area contributed by atoms with E-state index >= 15 is 0 Å². The first-order valence-electron chi connectivity index (χ1n) is 50.3. The third-order valence-corrected chi connectivity index (χ3v) is 29.5. The van der Waals surface area contributed by atoms with E-state index in [-0.39, 0.29) is 49.2 Å². The second-order valence-electron chi connectivity index (χ2n) is 45.9. The molecule has 0 saturated carbocycles. The molecule has 0 amide bonds. The topological polar surface area (TPSA) is 13.0 Å². The Morgan fingerprint density at radius 3 is 0.768 bits per heavy atom. The van der Waals surface area contributed by atoms with Gasteiger partial charge in [0, 0.05) is 112 Å². The molecule has 0 aliphatic heterocycles. The summed E-state index contributed by atoms with van der Waals surface area (Å²) in [6.07, 6.45) is 0.989. The predicted octanol–water partition coefficient (Wildman–Crippen LogP) is 37.7. The molecule has 138 heavy (non-hydrogen) atoms. The minimum atomic E-state index is -0.132. The molecular weight excluding hydrogens is 1670 g/mol. The molecule has 0 bridgehead atoms. The first-order chi connectivity index (χ1) is 65.5. The normalized spacial score (nSPS) is 14.1. The largest absolute Gasteiger partial charge is 0.335 e. The highest BCUT2D eigenvalue weighted by molar-refractivity contribution is 5.97. The van der Waals surface area contributed by atoms with Crippen LogP contribution in [0.15, 0.2) is 364 Å². The lowest BCUT2D eigenvalue weighted by Gasteiger charge is -2.42. The lowest BCUT2D eigenvalue weighted by molar-refractivity contribution is 0.543. The van der Waals surface area contributed by atoms with Gasteiger partial charge in [0.15, 0.2) is 0 Å². The van der Waals surface area contributed by atoms with E-state index in [0.29, 0.717) is 5.92 Å². The molecule has 0 N–H and O–H groups in total. The molecular formula is C134H144N4. The maximum absolute atomic E-state index is 2.57. The lowest BCUT2D eigenvalue weighted by atomic mass is 9.77. The van der Waals surface area contributed by atoms with E-state index in [0.717, 1.165) is 6.42 Å². The third kappa shape index (κ3) is 17.5. The van der Waals surface area contributed by atoms with Crippen LogP contribution in [0.25, 0.3) is 89.0 Å². The SMILES string of the molecule is CC(C)(C)c1c(N(c2ccccc2-c2ccccc2)C(C)(C)C)ccc2c1-c1ccccc1C2(C)C.CC(C)c1c(N(c2ccccc2-c2ccccc2)C(C)(C)C)ccc2c1-c1ccccc1C2(C)C.CCc1c(N(c2ccccc2-c2ccccc2)C(C)(C)C)ccc2c1-c1ccccc1C2(C)C.Cc1c(N(c2ccccc2-c2ccccc2)C(C)(C)C)ccc2c1-c1ccccc1C2(C)C. The van der Waals surface area contributed by atoms with Crippen molar-refractivity contribution in [1.29, 1.82) is 0 Å². The quantitative estimate of drug-likeness (QED) is 0.108. The van der Waals surface area contributed by atoms with Gasteiger partial charge in [0.25, 0.3) is 0 Å². The maximum Gasteiger partial charge on any atom is 0.0495 e. The van der Waals surface area contributed by atoms with Crippen molar-refractivity contribution in [3.8, 4) is 89.0 Å². The van der Waals surface area contributed by atoms with Crippen molar-refractivity contribution >= 4 is 45.5 Å². The Hall–Kier alpha value is -13.3. The molecule has 0 fully saturated rings. The molecule has 0 radical (unpaired) electrons. The Morgan fingerprint density at radius 1 is 0.217 bits per heavy atom. The molecule has 0 saturated heterocycles. The Kier molecular flexibility index (Phi) is 25.8. The minimum Gasteiger partial charge on any atom is -0.335 e. The molecule has 0 spiro atoms. The zero-order valence-electron chi connectivity index (χ0n) is 87.2. The number of hydrogen-bond acceptors (Lipinski definition) is 4. The van der Waals surface area contributed by atoms with Crippen molar-refractivity contribution in [3.63, 3.8) is 0 Å². The van der Waals surface area contributed by atoms with Gasteiger partial charge in [-0.2, -0.15) is 0 Å². The van der Waals surface area contributed by atoms with Crippen molar-refractivity contribution in [1.82, 2.24) is 0 Å². The van der Waals surface area contributed by atoms with Crippen LogP contribution < -0.4 is 19.6 Å². The van der Waals surface area contributed by atoms with Crippen LogP contribution in [-0.4, -0.2) is 22.2 Å². The smallest absolute Gasteiger partial charge is 0.0495 e. The van der Waals surface area contributed by atoms with Gasteiger partial charge in [0.05, 0.1) is 0 Å². The number of benzene rings is 16. The van der Waals surface area contributed by atoms with Crippen LogP contribution in [0.1, 0.15) is 253 Å². The summed E-state index contributed by atoms with van der Waals surface area (Å²) in [6.45, 7) is 63.1. The molecule has 0 atom stereocenters. The van der Waals surface area contributed by atoms with Crippen molar-refractivity contribution < 1.29 is 0 Å². The van der Waals surface area contributed by atoms with Gasteiger partial charge >= 0.3 is 0 Å². The zero-order valence-corrected chi connectivity index (χ0v) is 87.2. The highest BCUT2D eigenvalue weighted by Gasteiger charge is 2.46. The van der Waals surface area contributed by atoms with Crippen LogP contribution in [0.4, 0.5) is 45.5 Å². The van der Waals surface area contributed by atoms with Crippen LogP contribution >= 0.6 is 0 Å². The fourth-order valence-corrected chi connectivity index (χ4v) is 23.5. The number of anilines is 8. The molecule has 4 heteroatoms. The molecule has 16 aromatic rings. The summed E-state index contributed by atoms with van der Waals surface area (Å²) < 4.78 is 0. The molecule has 0 heterocycles. The Morgan fingerprint density at radius 2 is 0.449 bits per heavy atom. The molecule has 4 aliphatic rings. The van der Waals surface area contributed by atoms with Crippen molar-refractivity contribution in [2.24, 2.45) is 0 Å². The monoisotopic (exact) mass is 1810 g/mol. The van der Waals surface area contributed by atoms with Gasteiger partial charge in [-0.15, -0.1) is 0 Å². The van der Waals surface area contributed by atoms with E-state index in [1.807, 2.05) is 0 Å². The molecule has 700 valence electrons. The van der Waals surface area contributed by atoms with Gasteiger partial charge in [-0.25, -0.2) is 0 Å². The highest BCUT2D eigenvalue weighted by atomic mass is 15.2. The van der Waals surface area contributed by atoms with E-state index in [1.54, 1.807) is 0 Å². The summed E-state index contributed by atoms with van der Waals surface area (Å²) in [5.74, 6) is 0.385. The molecule has 4 aliphatic carbocycles. The highest BCUT2D eigenvalue weighted by Crippen LogP contribution is 2.61. The lowest BCUT2D eigenvalue weighted by Crippen LogP contribution is -2.39. The average Bonchev–Trinajstić information content (AvgIpc) is 1.40. The number of nitrogens with zero attached hydrogens (tertiary/aromatic N) is 4. The second kappa shape index (κ2) is 36.9. The van der Waals surface area contributed by atoms with Crippen LogP contribution in [0.5, 0.6) is 0 Å². The van der Waals surface area contributed by atoms with Gasteiger partial charge in [-0.1, -0.05) is 412 Å². The Bertz CT molecular complexity index is 7160. The first-order valence-corrected chi connectivity index (χ1v) is 50.3. The molecule has 0 aromatic heterocycles. The maximum atomic E-state index is 2.57. The Balaban J connectivity index is 0.000000127. The summed E-state index contributed by atoms with van der Waals surface area (Å²) in [7, 11) is 0. The first kappa shape index (κ1) is 96.4. The Labute approximate surface area is 827 Å². The molecule has 0 unspecified atom stereocenters. The van der Waals surface area contributed by atoms with Gasteiger partial charge in [0.1, 0.15) is 0 Å². The van der Waals surface area contributed by atoms with E-state index in [1.165, 1.54) is 201 Å². The fraction of sp³-hybridized carbons (Fsp3) is 0.284. The van der Waals surface area contributed by atoms with E-state index in [9.17, 15) is 0 Å². The summed E-state index contributed by atoms with van der Waals surface area (Å²) >= 11 is 0. The summed E-state index contributed by atoms with van der Waals surface area (Å²) in [5.41, 5.74) is 48.1. The number of rotatable bonds is 14. The third-order valence-electron chi connectivity index (χ3n) is 29.5. The van der Waals surface area contributed by atoms with E-state index in [2.05, 4.69) is 571 Å². The van der Waals surface area contributed by atoms with Crippen LogP contribution in [-0.2, 0) is 33.5 Å². The van der Waals surface area contributed by atoms with E-state index in [4.69, 9.17) is 0 Å². The minimum absolute atomic E-state index is 0.00258. The van der Waals surface area contributed by atoms with Gasteiger partial charge in [0.2, 0.25) is 0 Å². The van der Waals surface area contributed by atoms with Crippen LogP contribution in [0.3, 0.4) is 0 Å². The standard InChI is InChI=1S/C35H39N.C34H37N.C33H35N.C32H33N/c1-33(2,3)32-30(23-22-28-31(32)26-19-12-14-20-27(26)35(28,7)8)36(34(4,5)6)29-21-15-13-18-25(29)24-16-10-9-11-17-24;1-23(2)31-30(22-21-28-32(31)26-18-11-13-19-27(26)34(28,6)7)35(33(3,4)5)29-20-14-12-17-25(29)24-15-9-8-10-16-24;1-7-24-30(22-21-28-31(24)26-18-11-13-19-27(26)33(28,5)6)34(32(2,3)4)29-20-14-12-17-25(29)23-15-9-8-10-16-23;1-22-28(21-20-27-30(22)25-17-10-12-18-26(25)32(27,5)6)33(31(2,3)4)29-19-13-11-16-24(29)23-14-8-7-9-15-23/h9-23H,1-8H3;8-23H,1-7H3;8-22H,7H2,1-6H3;7-21H,1-6H3. The molecule has 16 aromatic carbocycles. The van der Waals surface area contributed by atoms with Gasteiger partial charge in [-0.05, 0) is 290 Å². The molecule has 4 nitrogen and oxygen atoms in total. The van der Waals surface area contributed by atoms with Crippen molar-refractivity contribution in [2.75, 3.05) is 19.6 Å². The van der Waals surface area contributed by atoms with Crippen molar-refractivity contribution in [3.05, 3.63) is 431 Å². The second-order valence-corrected chi connectivity index (χ2v) is 45.9. The van der Waals surface area contributed by atoms with Gasteiger partial charge < -0.3 is 19.6 Å². The summed E-state index contributed by atoms with van der Waals surface area (Å²) in [5, 5.41) is 0. The summed E-state index contributed by atoms with van der Waals surface area (Å²) in [4.78, 5) is 10.2. The predicted molar refractivity (Wildman–Crippen MR) is 598 cm³/mol. The number of para-hydroxylation sites is 4. The summed E-state index contributed by atoms with van der Waals surface area (Å²) in [6, 6.07) is 133. The number of fused-ring (bicyclic) bond motifs is 12.